The molecule has 0 aromatic heterocycles. The number of rotatable bonds is 5. The summed E-state index contributed by atoms with van der Waals surface area (Å²) in [5.41, 5.74) is 0.750. The van der Waals surface area contributed by atoms with Gasteiger partial charge >= 0.3 is 0 Å². The monoisotopic (exact) mass is 237 g/mol. The molecule has 1 unspecified atom stereocenters. The van der Waals surface area contributed by atoms with Gasteiger partial charge in [0, 0.05) is 17.7 Å². The lowest BCUT2D eigenvalue weighted by molar-refractivity contribution is 0.263. The van der Waals surface area contributed by atoms with Crippen LogP contribution in [0.25, 0.3) is 0 Å². The van der Waals surface area contributed by atoms with Crippen molar-refractivity contribution >= 4 is 0 Å². The van der Waals surface area contributed by atoms with Crippen molar-refractivity contribution in [2.24, 2.45) is 5.92 Å². The van der Waals surface area contributed by atoms with Crippen LogP contribution in [0.5, 0.6) is 5.75 Å². The molecule has 2 nitrogen and oxygen atoms in total. The number of ether oxygens (including phenoxy) is 1. The second-order valence-corrected chi connectivity index (χ2v) is 4.76. The Morgan fingerprint density at radius 1 is 1.47 bits per heavy atom. The van der Waals surface area contributed by atoms with E-state index in [4.69, 9.17) is 4.74 Å². The highest BCUT2D eigenvalue weighted by Crippen LogP contribution is 2.35. The SMILES string of the molecule is CNC(CC1CCC1)c1ccc(OC)cc1F. The van der Waals surface area contributed by atoms with Gasteiger partial charge in [-0.15, -0.1) is 0 Å². The number of benzene rings is 1. The Labute approximate surface area is 102 Å². The Morgan fingerprint density at radius 2 is 2.24 bits per heavy atom. The predicted molar refractivity (Wildman–Crippen MR) is 66.7 cm³/mol. The van der Waals surface area contributed by atoms with E-state index in [1.54, 1.807) is 7.11 Å². The number of methoxy groups -OCH3 is 1. The zero-order chi connectivity index (χ0) is 12.3. The van der Waals surface area contributed by atoms with Gasteiger partial charge < -0.3 is 10.1 Å². The van der Waals surface area contributed by atoms with Crippen LogP contribution < -0.4 is 10.1 Å². The number of halogens is 1. The molecule has 0 spiro atoms. The van der Waals surface area contributed by atoms with Crippen LogP contribution >= 0.6 is 0 Å². The summed E-state index contributed by atoms with van der Waals surface area (Å²) in [7, 11) is 3.45. The van der Waals surface area contributed by atoms with Crippen molar-refractivity contribution in [1.82, 2.24) is 5.32 Å². The molecule has 1 aromatic carbocycles. The molecule has 0 saturated heterocycles. The van der Waals surface area contributed by atoms with Gasteiger partial charge in [-0.05, 0) is 25.5 Å². The molecule has 94 valence electrons. The molecule has 17 heavy (non-hydrogen) atoms. The van der Waals surface area contributed by atoms with Crippen molar-refractivity contribution in [1.29, 1.82) is 0 Å². The molecule has 0 bridgehead atoms. The molecule has 1 atom stereocenters. The van der Waals surface area contributed by atoms with Crippen molar-refractivity contribution in [3.8, 4) is 5.75 Å². The van der Waals surface area contributed by atoms with Gasteiger partial charge in [0.2, 0.25) is 0 Å². The van der Waals surface area contributed by atoms with Gasteiger partial charge in [-0.3, -0.25) is 0 Å². The second kappa shape index (κ2) is 5.50. The Balaban J connectivity index is 2.11. The van der Waals surface area contributed by atoms with E-state index in [9.17, 15) is 4.39 Å². The fraction of sp³-hybridized carbons (Fsp3) is 0.571. The Kier molecular flexibility index (Phi) is 4.00. The van der Waals surface area contributed by atoms with Crippen LogP contribution in [0.3, 0.4) is 0 Å². The zero-order valence-electron chi connectivity index (χ0n) is 10.5. The van der Waals surface area contributed by atoms with Gasteiger partial charge in [0.15, 0.2) is 0 Å². The van der Waals surface area contributed by atoms with Crippen molar-refractivity contribution in [3.05, 3.63) is 29.6 Å². The maximum absolute atomic E-state index is 13.9. The molecule has 1 N–H and O–H groups in total. The van der Waals surface area contributed by atoms with E-state index in [-0.39, 0.29) is 11.9 Å². The number of hydrogen-bond acceptors (Lipinski definition) is 2. The molecular formula is C14H20FNO. The van der Waals surface area contributed by atoms with Crippen LogP contribution in [0, 0.1) is 11.7 Å². The van der Waals surface area contributed by atoms with E-state index in [0.29, 0.717) is 5.75 Å². The van der Waals surface area contributed by atoms with E-state index in [1.165, 1.54) is 25.3 Å². The zero-order valence-corrected chi connectivity index (χ0v) is 10.5. The van der Waals surface area contributed by atoms with Crippen molar-refractivity contribution in [3.63, 3.8) is 0 Å². The molecule has 0 heterocycles. The summed E-state index contributed by atoms with van der Waals surface area (Å²) in [6.07, 6.45) is 4.93. The summed E-state index contributed by atoms with van der Waals surface area (Å²) in [6.45, 7) is 0. The quantitative estimate of drug-likeness (QED) is 0.848. The Hall–Kier alpha value is -1.09. The van der Waals surface area contributed by atoms with E-state index in [1.807, 2.05) is 19.2 Å². The molecule has 3 heteroatoms. The van der Waals surface area contributed by atoms with Crippen molar-refractivity contribution in [2.45, 2.75) is 31.7 Å². The fourth-order valence-electron chi connectivity index (χ4n) is 2.38. The van der Waals surface area contributed by atoms with E-state index in [0.717, 1.165) is 17.9 Å². The van der Waals surface area contributed by atoms with Crippen molar-refractivity contribution in [2.75, 3.05) is 14.2 Å². The summed E-state index contributed by atoms with van der Waals surface area (Å²) in [6, 6.07) is 5.23. The average molecular weight is 237 g/mol. The molecule has 1 fully saturated rings. The first-order valence-corrected chi connectivity index (χ1v) is 6.25. The smallest absolute Gasteiger partial charge is 0.131 e. The predicted octanol–water partition coefficient (Wildman–Crippen LogP) is 3.29. The highest BCUT2D eigenvalue weighted by Gasteiger charge is 2.23. The minimum absolute atomic E-state index is 0.117. The van der Waals surface area contributed by atoms with Crippen LogP contribution in [0.4, 0.5) is 4.39 Å². The normalized spacial score (nSPS) is 17.6. The Morgan fingerprint density at radius 3 is 2.71 bits per heavy atom. The topological polar surface area (TPSA) is 21.3 Å². The first kappa shape index (κ1) is 12.4. The highest BCUT2D eigenvalue weighted by atomic mass is 19.1. The molecule has 0 amide bonds. The lowest BCUT2D eigenvalue weighted by atomic mass is 9.79. The van der Waals surface area contributed by atoms with Crippen LogP contribution in [-0.4, -0.2) is 14.2 Å². The third-order valence-corrected chi connectivity index (χ3v) is 3.73. The van der Waals surface area contributed by atoms with Gasteiger partial charge in [-0.2, -0.15) is 0 Å². The van der Waals surface area contributed by atoms with Crippen LogP contribution in [0.2, 0.25) is 0 Å². The molecule has 2 rings (SSSR count). The minimum Gasteiger partial charge on any atom is -0.497 e. The summed E-state index contributed by atoms with van der Waals surface area (Å²) in [4.78, 5) is 0. The molecule has 1 aromatic rings. The van der Waals surface area contributed by atoms with Crippen LogP contribution in [-0.2, 0) is 0 Å². The summed E-state index contributed by atoms with van der Waals surface area (Å²) >= 11 is 0. The third-order valence-electron chi connectivity index (χ3n) is 3.73. The number of nitrogens with one attached hydrogen (secondary N) is 1. The molecule has 1 saturated carbocycles. The maximum atomic E-state index is 13.9. The van der Waals surface area contributed by atoms with Gasteiger partial charge in [-0.25, -0.2) is 4.39 Å². The van der Waals surface area contributed by atoms with Gasteiger partial charge in [0.05, 0.1) is 7.11 Å². The first-order chi connectivity index (χ1) is 8.24. The first-order valence-electron chi connectivity index (χ1n) is 6.25. The molecular weight excluding hydrogens is 217 g/mol. The van der Waals surface area contributed by atoms with Gasteiger partial charge in [0.1, 0.15) is 11.6 Å². The molecule has 1 aliphatic rings. The molecule has 0 radical (unpaired) electrons. The fourth-order valence-corrected chi connectivity index (χ4v) is 2.38. The Bertz CT molecular complexity index is 376. The third kappa shape index (κ3) is 2.78. The largest absolute Gasteiger partial charge is 0.497 e. The maximum Gasteiger partial charge on any atom is 0.131 e. The van der Waals surface area contributed by atoms with E-state index >= 15 is 0 Å². The second-order valence-electron chi connectivity index (χ2n) is 4.76. The standard InChI is InChI=1S/C14H20FNO/c1-16-14(8-10-4-3-5-10)12-7-6-11(17-2)9-13(12)15/h6-7,9-10,14,16H,3-5,8H2,1-2H3. The van der Waals surface area contributed by atoms with Crippen molar-refractivity contribution < 1.29 is 9.13 Å². The lowest BCUT2D eigenvalue weighted by Gasteiger charge is -2.30. The lowest BCUT2D eigenvalue weighted by Crippen LogP contribution is -2.24. The summed E-state index contributed by atoms with van der Waals surface area (Å²) in [5.74, 6) is 1.15. The molecule has 0 aliphatic heterocycles. The van der Waals surface area contributed by atoms with Gasteiger partial charge in [-0.1, -0.05) is 25.3 Å². The van der Waals surface area contributed by atoms with E-state index in [2.05, 4.69) is 5.32 Å². The summed E-state index contributed by atoms with van der Waals surface area (Å²) < 4.78 is 18.9. The van der Waals surface area contributed by atoms with Crippen LogP contribution in [0.1, 0.15) is 37.3 Å². The number of hydrogen-bond donors (Lipinski definition) is 1. The minimum atomic E-state index is -0.178. The average Bonchev–Trinajstić information content (AvgIpc) is 2.29. The summed E-state index contributed by atoms with van der Waals surface area (Å²) in [5, 5.41) is 3.21. The van der Waals surface area contributed by atoms with E-state index < -0.39 is 0 Å². The van der Waals surface area contributed by atoms with Gasteiger partial charge in [0.25, 0.3) is 0 Å². The molecule has 1 aliphatic carbocycles. The van der Waals surface area contributed by atoms with Crippen LogP contribution in [0.15, 0.2) is 18.2 Å². The highest BCUT2D eigenvalue weighted by molar-refractivity contribution is 5.30.